The zero-order chi connectivity index (χ0) is 8.97. The second-order valence-corrected chi connectivity index (χ2v) is 2.53. The Hall–Kier alpha value is -1.44. The molecule has 1 aromatic heterocycles. The fourth-order valence-corrected chi connectivity index (χ4v) is 0.863. The average Bonchev–Trinajstić information content (AvgIpc) is 2.07. The van der Waals surface area contributed by atoms with Gasteiger partial charge in [0, 0.05) is 11.9 Å². The van der Waals surface area contributed by atoms with Crippen molar-refractivity contribution in [3.63, 3.8) is 0 Å². The largest absolute Gasteiger partial charge is 0.267 e. The summed E-state index contributed by atoms with van der Waals surface area (Å²) in [6.45, 7) is 7.67. The monoisotopic (exact) mass is 160 g/mol. The molecule has 0 amide bonds. The topological polar surface area (TPSA) is 25.2 Å². The first-order valence-corrected chi connectivity index (χ1v) is 3.84. The zero-order valence-corrected chi connectivity index (χ0v) is 7.41. The molecular formula is C10H12N2. The molecule has 0 aliphatic rings. The van der Waals surface area contributed by atoms with Gasteiger partial charge in [-0.15, -0.1) is 0 Å². The Morgan fingerprint density at radius 3 is 2.92 bits per heavy atom. The number of hydrogen-bond donors (Lipinski definition) is 0. The lowest BCUT2D eigenvalue weighted by Gasteiger charge is -1.89. The van der Waals surface area contributed by atoms with Gasteiger partial charge in [0.25, 0.3) is 0 Å². The maximum atomic E-state index is 4.28. The molecular weight excluding hydrogens is 148 g/mol. The molecule has 0 aromatic carbocycles. The van der Waals surface area contributed by atoms with E-state index in [0.717, 1.165) is 16.3 Å². The number of nitrogens with zero attached hydrogens (tertiary/aromatic N) is 2. The van der Waals surface area contributed by atoms with Crippen molar-refractivity contribution in [3.05, 3.63) is 28.4 Å². The van der Waals surface area contributed by atoms with E-state index in [-0.39, 0.29) is 0 Å². The van der Waals surface area contributed by atoms with Gasteiger partial charge < -0.3 is 0 Å². The Bertz CT molecular complexity index is 391. The van der Waals surface area contributed by atoms with Crippen molar-refractivity contribution in [2.75, 3.05) is 0 Å². The van der Waals surface area contributed by atoms with Crippen molar-refractivity contribution in [3.8, 4) is 0 Å². The van der Waals surface area contributed by atoms with Crippen LogP contribution in [-0.2, 0) is 0 Å². The molecule has 0 fully saturated rings. The van der Waals surface area contributed by atoms with Gasteiger partial charge in [-0.3, -0.25) is 9.98 Å². The summed E-state index contributed by atoms with van der Waals surface area (Å²) in [6.07, 6.45) is 3.44. The number of aromatic nitrogens is 1. The maximum Gasteiger partial charge on any atom is 0.0881 e. The minimum atomic E-state index is 0.841. The van der Waals surface area contributed by atoms with Gasteiger partial charge in [0.05, 0.1) is 11.5 Å². The Morgan fingerprint density at radius 2 is 2.25 bits per heavy atom. The first-order chi connectivity index (χ1) is 5.74. The Balaban J connectivity index is 3.32. The summed E-state index contributed by atoms with van der Waals surface area (Å²) in [7, 11) is 0. The summed E-state index contributed by atoms with van der Waals surface area (Å²) in [5, 5.41) is 1.75. The Morgan fingerprint density at radius 1 is 1.50 bits per heavy atom. The SMILES string of the molecule is C=c1ccc(C)n/c1=C/N=CC. The van der Waals surface area contributed by atoms with E-state index in [0.29, 0.717) is 0 Å². The molecule has 0 atom stereocenters. The first kappa shape index (κ1) is 8.65. The normalized spacial score (nSPS) is 12.7. The number of aryl methyl sites for hydroxylation is 1. The van der Waals surface area contributed by atoms with Crippen molar-refractivity contribution in [1.29, 1.82) is 0 Å². The van der Waals surface area contributed by atoms with E-state index in [2.05, 4.69) is 16.6 Å². The van der Waals surface area contributed by atoms with Crippen LogP contribution in [0.15, 0.2) is 17.1 Å². The highest BCUT2D eigenvalue weighted by atomic mass is 14.7. The second-order valence-electron chi connectivity index (χ2n) is 2.53. The molecule has 0 spiro atoms. The highest BCUT2D eigenvalue weighted by molar-refractivity contribution is 5.57. The van der Waals surface area contributed by atoms with Gasteiger partial charge in [-0.2, -0.15) is 0 Å². The van der Waals surface area contributed by atoms with E-state index in [1.165, 1.54) is 0 Å². The van der Waals surface area contributed by atoms with E-state index in [9.17, 15) is 0 Å². The van der Waals surface area contributed by atoms with Crippen LogP contribution in [0.3, 0.4) is 0 Å². The molecule has 0 radical (unpaired) electrons. The van der Waals surface area contributed by atoms with E-state index in [1.54, 1.807) is 12.4 Å². The molecule has 1 heterocycles. The Labute approximate surface area is 72.0 Å². The highest BCUT2D eigenvalue weighted by Gasteiger charge is 1.84. The van der Waals surface area contributed by atoms with E-state index >= 15 is 0 Å². The molecule has 0 aliphatic carbocycles. The summed E-state index contributed by atoms with van der Waals surface area (Å²) in [5.74, 6) is 0. The number of aliphatic imine (C=N–C) groups is 1. The number of rotatable bonds is 1. The smallest absolute Gasteiger partial charge is 0.0881 e. The first-order valence-electron chi connectivity index (χ1n) is 3.84. The van der Waals surface area contributed by atoms with E-state index in [1.807, 2.05) is 26.0 Å². The van der Waals surface area contributed by atoms with Crippen LogP contribution in [0.25, 0.3) is 12.8 Å². The van der Waals surface area contributed by atoms with Crippen LogP contribution >= 0.6 is 0 Å². The minimum Gasteiger partial charge on any atom is -0.267 e. The molecule has 2 heteroatoms. The molecule has 1 rings (SSSR count). The van der Waals surface area contributed by atoms with Gasteiger partial charge in [0.2, 0.25) is 0 Å². The van der Waals surface area contributed by atoms with E-state index in [4.69, 9.17) is 0 Å². The van der Waals surface area contributed by atoms with Gasteiger partial charge in [-0.05, 0) is 25.1 Å². The second kappa shape index (κ2) is 3.81. The number of pyridine rings is 1. The lowest BCUT2D eigenvalue weighted by molar-refractivity contribution is 1.13. The quantitative estimate of drug-likeness (QED) is 0.553. The molecule has 12 heavy (non-hydrogen) atoms. The van der Waals surface area contributed by atoms with Crippen molar-refractivity contribution in [1.82, 2.24) is 4.98 Å². The third-order valence-corrected chi connectivity index (χ3v) is 1.50. The molecule has 1 aromatic rings. The third-order valence-electron chi connectivity index (χ3n) is 1.50. The third kappa shape index (κ3) is 2.02. The van der Waals surface area contributed by atoms with Crippen molar-refractivity contribution < 1.29 is 0 Å². The molecule has 0 bridgehead atoms. The summed E-state index contributed by atoms with van der Waals surface area (Å²) < 4.78 is 0. The van der Waals surface area contributed by atoms with Crippen LogP contribution in [0.5, 0.6) is 0 Å². The average molecular weight is 160 g/mol. The van der Waals surface area contributed by atoms with Gasteiger partial charge in [-0.1, -0.05) is 12.6 Å². The van der Waals surface area contributed by atoms with E-state index < -0.39 is 0 Å². The predicted octanol–water partition coefficient (Wildman–Crippen LogP) is 0.629. The number of hydrogen-bond acceptors (Lipinski definition) is 2. The summed E-state index contributed by atoms with van der Waals surface area (Å²) in [6, 6.07) is 3.88. The van der Waals surface area contributed by atoms with Gasteiger partial charge >= 0.3 is 0 Å². The molecule has 0 saturated carbocycles. The molecule has 62 valence electrons. The van der Waals surface area contributed by atoms with Crippen molar-refractivity contribution >= 4 is 19.0 Å². The van der Waals surface area contributed by atoms with Crippen LogP contribution in [0, 0.1) is 6.92 Å². The van der Waals surface area contributed by atoms with Gasteiger partial charge in [0.15, 0.2) is 0 Å². The van der Waals surface area contributed by atoms with Gasteiger partial charge in [0.1, 0.15) is 0 Å². The fourth-order valence-electron chi connectivity index (χ4n) is 0.863. The lowest BCUT2D eigenvalue weighted by atomic mass is 10.3. The maximum absolute atomic E-state index is 4.28. The molecule has 0 saturated heterocycles. The van der Waals surface area contributed by atoms with Crippen LogP contribution in [0.1, 0.15) is 12.6 Å². The highest BCUT2D eigenvalue weighted by Crippen LogP contribution is 1.79. The standard InChI is InChI=1S/C10H12N2/c1-4-11-7-10-8(2)5-6-9(3)12-10/h4-7H,2H2,1,3H3/b10-7+,11-4?. The Kier molecular flexibility index (Phi) is 2.75. The summed E-state index contributed by atoms with van der Waals surface area (Å²) >= 11 is 0. The van der Waals surface area contributed by atoms with Crippen LogP contribution < -0.4 is 10.6 Å². The van der Waals surface area contributed by atoms with Gasteiger partial charge in [-0.25, -0.2) is 0 Å². The van der Waals surface area contributed by atoms with Crippen LogP contribution in [0.2, 0.25) is 0 Å². The fraction of sp³-hybridized carbons (Fsp3) is 0.200. The predicted molar refractivity (Wildman–Crippen MR) is 52.4 cm³/mol. The minimum absolute atomic E-state index is 0.841. The molecule has 0 N–H and O–H groups in total. The molecule has 2 nitrogen and oxygen atoms in total. The summed E-state index contributed by atoms with van der Waals surface area (Å²) in [5.41, 5.74) is 0.986. The van der Waals surface area contributed by atoms with Crippen LogP contribution in [-0.4, -0.2) is 11.2 Å². The van der Waals surface area contributed by atoms with Crippen molar-refractivity contribution in [2.24, 2.45) is 4.99 Å². The molecule has 0 aliphatic heterocycles. The molecule has 0 unspecified atom stereocenters. The zero-order valence-electron chi connectivity index (χ0n) is 7.41. The van der Waals surface area contributed by atoms with Crippen molar-refractivity contribution in [2.45, 2.75) is 13.8 Å². The summed E-state index contributed by atoms with van der Waals surface area (Å²) in [4.78, 5) is 8.27. The van der Waals surface area contributed by atoms with Crippen LogP contribution in [0.4, 0.5) is 0 Å². The lowest BCUT2D eigenvalue weighted by Crippen LogP contribution is -2.26.